The van der Waals surface area contributed by atoms with Gasteiger partial charge in [0.05, 0.1) is 11.4 Å². The van der Waals surface area contributed by atoms with Gasteiger partial charge in [0.15, 0.2) is 0 Å². The molecule has 0 unspecified atom stereocenters. The summed E-state index contributed by atoms with van der Waals surface area (Å²) in [6.07, 6.45) is 0. The molecule has 0 amide bonds. The van der Waals surface area contributed by atoms with Crippen LogP contribution in [-0.2, 0) is 21.7 Å². The van der Waals surface area contributed by atoms with Crippen molar-refractivity contribution < 1.29 is 16.4 Å². The molecule has 0 aliphatic carbocycles. The van der Waals surface area contributed by atoms with Gasteiger partial charge in [0, 0.05) is 50.3 Å². The standard InChI is InChI=1S/C86H85BN2/c1-54-28-25-29-55(2)80(54)70-36-21-23-38-74(70)88-76-44-42-58(66-32-17-19-34-68(66)60-46-62(83(5,6)7)52-63(47-60)84(8,9)10)50-72(76)87-73-51-59(67-33-18-20-35-69(67)61-48-64(85(11,12)13)53-65(49-61)86(14,15)16)43-45-77(73)89(79-41-27-40-78(88)82(79)87)75-39-24-22-37-71(75)81-56(3)30-26-31-57(81)4/h17-53H,1-16H3/i1D3,2D3,3D3,4D3. The molecule has 0 bridgehead atoms. The predicted molar refractivity (Wildman–Crippen MR) is 387 cm³/mol. The quantitative estimate of drug-likeness (QED) is 0.140. The SMILES string of the molecule is [2H]C([2H])([2H])c1cccc(C([2H])([2H])[2H])c1-c1ccccc1N1c2ccc(-c3ccccc3-c3cc(C(C)(C)C)cc(C(C)(C)C)c3)cc2B2c3cc(-c4ccccc4-c4cc(C(C)(C)C)cc(C(C)(C)C)c4)ccc3N(c3ccccc3-c3c(C([2H])([2H])[2H])cccc3C([2H])([2H])[2H])c3cccc1c32. The van der Waals surface area contributed by atoms with Crippen LogP contribution in [0.5, 0.6) is 0 Å². The molecule has 0 saturated carbocycles. The van der Waals surface area contributed by atoms with E-state index in [1.165, 1.54) is 58.7 Å². The Morgan fingerprint density at radius 3 is 0.888 bits per heavy atom. The molecular weight excluding hydrogens is 1070 g/mol. The highest BCUT2D eigenvalue weighted by molar-refractivity contribution is 7.00. The minimum atomic E-state index is -2.72. The fourth-order valence-corrected chi connectivity index (χ4v) is 13.5. The van der Waals surface area contributed by atoms with Crippen LogP contribution in [0.3, 0.4) is 0 Å². The van der Waals surface area contributed by atoms with Gasteiger partial charge in [-0.25, -0.2) is 0 Å². The highest BCUT2D eigenvalue weighted by Crippen LogP contribution is 2.51. The average Bonchev–Trinajstić information content (AvgIpc) is 0.693. The van der Waals surface area contributed by atoms with Gasteiger partial charge in [-0.3, -0.25) is 0 Å². The molecule has 89 heavy (non-hydrogen) atoms. The normalized spacial score (nSPS) is 15.7. The van der Waals surface area contributed by atoms with Crippen LogP contribution in [-0.4, -0.2) is 6.71 Å². The second-order valence-electron chi connectivity index (χ2n) is 28.5. The van der Waals surface area contributed by atoms with Crippen molar-refractivity contribution in [1.29, 1.82) is 0 Å². The van der Waals surface area contributed by atoms with E-state index >= 15 is 0 Å². The Labute approximate surface area is 548 Å². The topological polar surface area (TPSA) is 6.48 Å². The van der Waals surface area contributed by atoms with Crippen LogP contribution >= 0.6 is 0 Å². The summed E-state index contributed by atoms with van der Waals surface area (Å²) < 4.78 is 108. The highest BCUT2D eigenvalue weighted by Gasteiger charge is 2.44. The van der Waals surface area contributed by atoms with Crippen LogP contribution in [0.25, 0.3) is 66.8 Å². The van der Waals surface area contributed by atoms with Gasteiger partial charge in [-0.2, -0.15) is 0 Å². The van der Waals surface area contributed by atoms with E-state index in [1.54, 1.807) is 0 Å². The second kappa shape index (κ2) is 22.0. The molecule has 11 aromatic rings. The Balaban J connectivity index is 1.17. The van der Waals surface area contributed by atoms with E-state index in [0.717, 1.165) is 83.6 Å². The van der Waals surface area contributed by atoms with Gasteiger partial charge in [-0.05, 0) is 202 Å². The number of aryl methyl sites for hydroxylation is 4. The first-order valence-corrected chi connectivity index (χ1v) is 31.2. The Morgan fingerprint density at radius 1 is 0.270 bits per heavy atom. The largest absolute Gasteiger partial charge is 0.311 e. The second-order valence-corrected chi connectivity index (χ2v) is 28.5. The van der Waals surface area contributed by atoms with Gasteiger partial charge in [0.1, 0.15) is 0 Å². The fourth-order valence-electron chi connectivity index (χ4n) is 13.5. The van der Waals surface area contributed by atoms with Crippen molar-refractivity contribution in [2.75, 3.05) is 9.80 Å². The van der Waals surface area contributed by atoms with E-state index in [0.29, 0.717) is 22.5 Å². The Morgan fingerprint density at radius 2 is 0.562 bits per heavy atom. The molecule has 2 heterocycles. The van der Waals surface area contributed by atoms with Crippen molar-refractivity contribution in [1.82, 2.24) is 0 Å². The molecule has 3 heteroatoms. The molecule has 0 atom stereocenters. The molecule has 2 aliphatic rings. The van der Waals surface area contributed by atoms with Gasteiger partial charge in [-0.15, -0.1) is 0 Å². The number of para-hydroxylation sites is 2. The maximum atomic E-state index is 8.99. The summed E-state index contributed by atoms with van der Waals surface area (Å²) >= 11 is 0. The molecule has 0 fully saturated rings. The Bertz CT molecular complexity index is 4640. The minimum Gasteiger partial charge on any atom is -0.311 e. The monoisotopic (exact) mass is 1170 g/mol. The van der Waals surface area contributed by atoms with Crippen molar-refractivity contribution in [2.24, 2.45) is 0 Å². The summed E-state index contributed by atoms with van der Waals surface area (Å²) in [5.74, 6) is 0. The van der Waals surface area contributed by atoms with Gasteiger partial charge in [0.2, 0.25) is 0 Å². The number of fused-ring (bicyclic) bond motifs is 4. The molecule has 11 aromatic carbocycles. The van der Waals surface area contributed by atoms with Crippen molar-refractivity contribution in [3.63, 3.8) is 0 Å². The molecular formula is C86H85BN2. The zero-order chi connectivity index (χ0) is 72.6. The zero-order valence-corrected chi connectivity index (χ0v) is 53.3. The van der Waals surface area contributed by atoms with Gasteiger partial charge >= 0.3 is 0 Å². The lowest BCUT2D eigenvalue weighted by Gasteiger charge is -2.45. The van der Waals surface area contributed by atoms with Crippen molar-refractivity contribution in [2.45, 2.75) is 132 Å². The number of rotatable bonds is 8. The van der Waals surface area contributed by atoms with Crippen molar-refractivity contribution in [3.8, 4) is 66.8 Å². The van der Waals surface area contributed by atoms with Crippen LogP contribution in [0.2, 0.25) is 0 Å². The summed E-state index contributed by atoms with van der Waals surface area (Å²) in [5, 5.41) is 0. The first-order chi connectivity index (χ1) is 47.2. The molecule has 442 valence electrons. The molecule has 13 rings (SSSR count). The molecule has 2 nitrogen and oxygen atoms in total. The smallest absolute Gasteiger partial charge is 0.252 e. The number of hydrogen-bond acceptors (Lipinski definition) is 2. The van der Waals surface area contributed by atoms with Gasteiger partial charge < -0.3 is 9.80 Å². The molecule has 0 N–H and O–H groups in total. The lowest BCUT2D eigenvalue weighted by Crippen LogP contribution is -2.61. The molecule has 2 aliphatic heterocycles. The van der Waals surface area contributed by atoms with Crippen LogP contribution in [0, 0.1) is 27.4 Å². The van der Waals surface area contributed by atoms with Crippen LogP contribution in [0.15, 0.2) is 224 Å². The van der Waals surface area contributed by atoms with Gasteiger partial charge in [-0.1, -0.05) is 271 Å². The van der Waals surface area contributed by atoms with E-state index in [4.69, 9.17) is 16.4 Å². The summed E-state index contributed by atoms with van der Waals surface area (Å²) in [4.78, 5) is 4.30. The van der Waals surface area contributed by atoms with E-state index < -0.39 is 34.1 Å². The summed E-state index contributed by atoms with van der Waals surface area (Å²) in [7, 11) is 0. The maximum Gasteiger partial charge on any atom is 0.252 e. The fraction of sp³-hybridized carbons (Fsp3) is 0.233. The predicted octanol–water partition coefficient (Wildman–Crippen LogP) is 22.2. The van der Waals surface area contributed by atoms with Crippen molar-refractivity contribution in [3.05, 3.63) is 269 Å². The van der Waals surface area contributed by atoms with E-state index in [2.05, 4.69) is 226 Å². The highest BCUT2D eigenvalue weighted by atomic mass is 15.2. The number of anilines is 6. The van der Waals surface area contributed by atoms with Crippen LogP contribution < -0.4 is 26.2 Å². The lowest BCUT2D eigenvalue weighted by molar-refractivity contribution is 0.568. The zero-order valence-electron chi connectivity index (χ0n) is 65.3. The molecule has 0 aromatic heterocycles. The minimum absolute atomic E-state index is 0.0964. The lowest BCUT2D eigenvalue weighted by atomic mass is 9.33. The summed E-state index contributed by atoms with van der Waals surface area (Å²) in [6.45, 7) is 15.5. The first-order valence-electron chi connectivity index (χ1n) is 37.2. The van der Waals surface area contributed by atoms with Crippen molar-refractivity contribution >= 4 is 57.2 Å². The molecule has 0 saturated heterocycles. The summed E-state index contributed by atoms with van der Waals surface area (Å²) in [6, 6.07) is 74.3. The number of hydrogen-bond donors (Lipinski definition) is 0. The third kappa shape index (κ3) is 10.5. The summed E-state index contributed by atoms with van der Waals surface area (Å²) in [5.41, 5.74) is 19.6. The Kier molecular flexibility index (Phi) is 11.4. The van der Waals surface area contributed by atoms with E-state index in [9.17, 15) is 0 Å². The van der Waals surface area contributed by atoms with E-state index in [1.807, 2.05) is 54.6 Å². The Hall–Kier alpha value is -8.92. The van der Waals surface area contributed by atoms with Crippen LogP contribution in [0.1, 0.15) is 144 Å². The number of nitrogens with zero attached hydrogens (tertiary/aromatic N) is 2. The number of benzene rings is 11. The average molecular weight is 1170 g/mol. The third-order valence-electron chi connectivity index (χ3n) is 18.4. The van der Waals surface area contributed by atoms with E-state index in [-0.39, 0.29) is 55.0 Å². The van der Waals surface area contributed by atoms with Gasteiger partial charge in [0.25, 0.3) is 6.71 Å². The van der Waals surface area contributed by atoms with Crippen LogP contribution in [0.4, 0.5) is 34.1 Å². The molecule has 0 radical (unpaired) electrons. The maximum absolute atomic E-state index is 8.99. The first kappa shape index (κ1) is 46.2. The third-order valence-corrected chi connectivity index (χ3v) is 18.4. The molecule has 0 spiro atoms.